The second-order valence-corrected chi connectivity index (χ2v) is 5.32. The van der Waals surface area contributed by atoms with Gasteiger partial charge < -0.3 is 5.32 Å². The molecule has 0 atom stereocenters. The largest absolute Gasteiger partial charge is 0.385 e. The Balaban J connectivity index is 2.39. The van der Waals surface area contributed by atoms with Gasteiger partial charge in [0.25, 0.3) is 0 Å². The molecule has 1 nitrogen and oxygen atoms in total. The number of anilines is 1. The minimum atomic E-state index is -1.26. The summed E-state index contributed by atoms with van der Waals surface area (Å²) in [5.74, 6) is -0.288. The van der Waals surface area contributed by atoms with Crippen LogP contribution in [-0.2, 0) is 0 Å². The Kier molecular flexibility index (Phi) is 4.30. The van der Waals surface area contributed by atoms with Crippen LogP contribution < -0.4 is 5.32 Å². The molecule has 1 rings (SSSR count). The predicted octanol–water partition coefficient (Wildman–Crippen LogP) is 4.00. The van der Waals surface area contributed by atoms with Gasteiger partial charge in [-0.15, -0.1) is 0 Å². The Labute approximate surface area is 97.2 Å². The first-order valence-corrected chi connectivity index (χ1v) is 5.17. The van der Waals surface area contributed by atoms with Crippen molar-refractivity contribution in [3.63, 3.8) is 0 Å². The van der Waals surface area contributed by atoms with Crippen molar-refractivity contribution in [1.82, 2.24) is 0 Å². The Bertz CT molecular complexity index is 298. The summed E-state index contributed by atoms with van der Waals surface area (Å²) in [4.78, 5) is 0. The molecule has 0 heterocycles. The Hall–Kier alpha value is -0.180. The summed E-state index contributed by atoms with van der Waals surface area (Å²) < 4.78 is 11.4. The van der Waals surface area contributed by atoms with Crippen molar-refractivity contribution in [3.8, 4) is 0 Å². The average Bonchev–Trinajstić information content (AvgIpc) is 2.01. The molecule has 1 aromatic carbocycles. The highest BCUT2D eigenvalue weighted by molar-refractivity contribution is 6.67. The summed E-state index contributed by atoms with van der Waals surface area (Å²) in [5, 5.41) is 2.95. The number of alkyl halides is 3. The van der Waals surface area contributed by atoms with Gasteiger partial charge in [0.1, 0.15) is 5.82 Å². The first-order chi connectivity index (χ1) is 6.47. The molecule has 78 valence electrons. The van der Waals surface area contributed by atoms with Gasteiger partial charge in [0.2, 0.25) is 0 Å². The van der Waals surface area contributed by atoms with Crippen molar-refractivity contribution in [3.05, 3.63) is 30.1 Å². The van der Waals surface area contributed by atoms with E-state index in [2.05, 4.69) is 5.32 Å². The fraction of sp³-hybridized carbons (Fsp3) is 0.333. The van der Waals surface area contributed by atoms with Crippen molar-refractivity contribution >= 4 is 40.5 Å². The van der Waals surface area contributed by atoms with Crippen LogP contribution in [0.1, 0.15) is 6.42 Å². The summed E-state index contributed by atoms with van der Waals surface area (Å²) in [6, 6.07) is 6.13. The van der Waals surface area contributed by atoms with Crippen LogP contribution in [0, 0.1) is 5.82 Å². The monoisotopic (exact) mass is 255 g/mol. The molecule has 5 heteroatoms. The highest BCUT2D eigenvalue weighted by atomic mass is 35.6. The SMILES string of the molecule is Fc1cccc(NCCC(Cl)(Cl)Cl)c1. The van der Waals surface area contributed by atoms with E-state index in [1.807, 2.05) is 0 Å². The molecule has 14 heavy (non-hydrogen) atoms. The van der Waals surface area contributed by atoms with E-state index in [9.17, 15) is 4.39 Å². The molecule has 0 saturated carbocycles. The van der Waals surface area contributed by atoms with E-state index in [1.165, 1.54) is 12.1 Å². The summed E-state index contributed by atoms with van der Waals surface area (Å²) in [5.41, 5.74) is 0.680. The third kappa shape index (κ3) is 4.89. The lowest BCUT2D eigenvalue weighted by molar-refractivity contribution is 0.628. The maximum absolute atomic E-state index is 12.7. The fourth-order valence-electron chi connectivity index (χ4n) is 0.947. The van der Waals surface area contributed by atoms with Crippen LogP contribution in [0.4, 0.5) is 10.1 Å². The Morgan fingerprint density at radius 2 is 2.00 bits per heavy atom. The normalized spacial score (nSPS) is 11.4. The molecule has 0 aliphatic heterocycles. The van der Waals surface area contributed by atoms with E-state index in [-0.39, 0.29) is 5.82 Å². The first-order valence-electron chi connectivity index (χ1n) is 4.03. The summed E-state index contributed by atoms with van der Waals surface area (Å²) >= 11 is 16.6. The molecule has 0 aliphatic carbocycles. The number of rotatable bonds is 3. The molecule has 0 amide bonds. The lowest BCUT2D eigenvalue weighted by Gasteiger charge is -2.11. The van der Waals surface area contributed by atoms with Crippen LogP contribution in [0.3, 0.4) is 0 Å². The Morgan fingerprint density at radius 3 is 2.57 bits per heavy atom. The van der Waals surface area contributed by atoms with Crippen LogP contribution in [0.15, 0.2) is 24.3 Å². The molecular weight excluding hydrogens is 247 g/mol. The third-order valence-corrected chi connectivity index (χ3v) is 2.13. The van der Waals surface area contributed by atoms with Gasteiger partial charge in [0.05, 0.1) is 0 Å². The number of halogens is 4. The van der Waals surface area contributed by atoms with E-state index < -0.39 is 3.79 Å². The van der Waals surface area contributed by atoms with Crippen molar-refractivity contribution in [1.29, 1.82) is 0 Å². The second kappa shape index (κ2) is 5.06. The highest BCUT2D eigenvalue weighted by Crippen LogP contribution is 2.29. The van der Waals surface area contributed by atoms with Crippen molar-refractivity contribution in [2.45, 2.75) is 10.2 Å². The molecule has 0 bridgehead atoms. The molecule has 1 N–H and O–H groups in total. The summed E-state index contributed by atoms with van der Waals surface area (Å²) in [7, 11) is 0. The van der Waals surface area contributed by atoms with Crippen molar-refractivity contribution in [2.75, 3.05) is 11.9 Å². The van der Waals surface area contributed by atoms with Gasteiger partial charge in [-0.2, -0.15) is 0 Å². The number of nitrogens with one attached hydrogen (secondary N) is 1. The predicted molar refractivity (Wildman–Crippen MR) is 59.8 cm³/mol. The van der Waals surface area contributed by atoms with E-state index in [1.54, 1.807) is 12.1 Å². The summed E-state index contributed by atoms with van der Waals surface area (Å²) in [6.07, 6.45) is 0.369. The lowest BCUT2D eigenvalue weighted by atomic mass is 10.3. The maximum atomic E-state index is 12.7. The van der Waals surface area contributed by atoms with E-state index in [0.29, 0.717) is 18.7 Å². The van der Waals surface area contributed by atoms with Crippen LogP contribution in [0.25, 0.3) is 0 Å². The quantitative estimate of drug-likeness (QED) is 0.806. The van der Waals surface area contributed by atoms with Crippen LogP contribution in [0.5, 0.6) is 0 Å². The molecule has 0 spiro atoms. The topological polar surface area (TPSA) is 12.0 Å². The number of benzene rings is 1. The third-order valence-electron chi connectivity index (χ3n) is 1.56. The van der Waals surface area contributed by atoms with Crippen molar-refractivity contribution < 1.29 is 4.39 Å². The molecule has 0 aliphatic rings. The zero-order valence-electron chi connectivity index (χ0n) is 7.24. The smallest absolute Gasteiger partial charge is 0.192 e. The lowest BCUT2D eigenvalue weighted by Crippen LogP contribution is -2.11. The van der Waals surface area contributed by atoms with Crippen LogP contribution >= 0.6 is 34.8 Å². The average molecular weight is 257 g/mol. The standard InChI is InChI=1S/C9H9Cl3FN/c10-9(11,12)4-5-14-8-3-1-2-7(13)6-8/h1-3,6,14H,4-5H2. The van der Waals surface area contributed by atoms with E-state index >= 15 is 0 Å². The Morgan fingerprint density at radius 1 is 1.29 bits per heavy atom. The molecule has 0 unspecified atom stereocenters. The highest BCUT2D eigenvalue weighted by Gasteiger charge is 2.18. The van der Waals surface area contributed by atoms with Gasteiger partial charge in [-0.1, -0.05) is 40.9 Å². The zero-order chi connectivity index (χ0) is 10.6. The molecule has 0 radical (unpaired) electrons. The minimum absolute atomic E-state index is 0.288. The van der Waals surface area contributed by atoms with Gasteiger partial charge in [-0.25, -0.2) is 4.39 Å². The zero-order valence-corrected chi connectivity index (χ0v) is 9.50. The van der Waals surface area contributed by atoms with E-state index in [4.69, 9.17) is 34.8 Å². The molecular formula is C9H9Cl3FN. The van der Waals surface area contributed by atoms with Crippen LogP contribution in [0.2, 0.25) is 0 Å². The van der Waals surface area contributed by atoms with Crippen molar-refractivity contribution in [2.24, 2.45) is 0 Å². The van der Waals surface area contributed by atoms with Gasteiger partial charge in [0.15, 0.2) is 3.79 Å². The first kappa shape index (κ1) is 11.9. The molecule has 0 saturated heterocycles. The number of hydrogen-bond donors (Lipinski definition) is 1. The van der Waals surface area contributed by atoms with Gasteiger partial charge >= 0.3 is 0 Å². The minimum Gasteiger partial charge on any atom is -0.385 e. The summed E-state index contributed by atoms with van der Waals surface area (Å²) in [6.45, 7) is 0.486. The number of hydrogen-bond acceptors (Lipinski definition) is 1. The maximum Gasteiger partial charge on any atom is 0.192 e. The van der Waals surface area contributed by atoms with Gasteiger partial charge in [-0.3, -0.25) is 0 Å². The van der Waals surface area contributed by atoms with Gasteiger partial charge in [0, 0.05) is 18.7 Å². The second-order valence-electron chi connectivity index (χ2n) is 2.80. The fourth-order valence-corrected chi connectivity index (χ4v) is 1.23. The van der Waals surface area contributed by atoms with Crippen LogP contribution in [-0.4, -0.2) is 10.3 Å². The molecule has 1 aromatic rings. The molecule has 0 fully saturated rings. The van der Waals surface area contributed by atoms with E-state index in [0.717, 1.165) is 0 Å². The van der Waals surface area contributed by atoms with Gasteiger partial charge in [-0.05, 0) is 18.2 Å². The molecule has 0 aromatic heterocycles.